The number of rotatable bonds is 0. The Hall–Kier alpha value is -0.670. The van der Waals surface area contributed by atoms with Gasteiger partial charge in [-0.2, -0.15) is 13.2 Å². The van der Waals surface area contributed by atoms with E-state index in [2.05, 4.69) is 0 Å². The summed E-state index contributed by atoms with van der Waals surface area (Å²) >= 11 is 0. The van der Waals surface area contributed by atoms with Crippen LogP contribution in [0.2, 0.25) is 0 Å². The molecule has 0 spiro atoms. The molecule has 0 aromatic heterocycles. The van der Waals surface area contributed by atoms with Crippen LogP contribution in [0, 0.1) is 5.92 Å². The second-order valence-corrected chi connectivity index (χ2v) is 3.96. The Bertz CT molecular complexity index is 255. The highest BCUT2D eigenvalue weighted by molar-refractivity contribution is 5.15. The van der Waals surface area contributed by atoms with E-state index in [9.17, 15) is 13.2 Å². The predicted molar refractivity (Wildman–Crippen MR) is 45.6 cm³/mol. The van der Waals surface area contributed by atoms with E-state index < -0.39 is 12.1 Å². The average molecular weight is 206 g/mol. The van der Waals surface area contributed by atoms with E-state index in [1.807, 2.05) is 0 Å². The first-order chi connectivity index (χ1) is 6.57. The second kappa shape index (κ2) is 3.48. The first-order valence-corrected chi connectivity index (χ1v) is 4.98. The van der Waals surface area contributed by atoms with E-state index in [1.54, 1.807) is 0 Å². The third-order valence-corrected chi connectivity index (χ3v) is 2.97. The van der Waals surface area contributed by atoms with Gasteiger partial charge in [0.15, 0.2) is 0 Å². The smallest absolute Gasteiger partial charge is 0.392 e. The van der Waals surface area contributed by atoms with Gasteiger partial charge in [-0.1, -0.05) is 0 Å². The fourth-order valence-corrected chi connectivity index (χ4v) is 2.17. The molecule has 1 atom stereocenters. The molecule has 0 N–H and O–H groups in total. The first kappa shape index (κ1) is 9.87. The zero-order valence-corrected chi connectivity index (χ0v) is 7.86. The summed E-state index contributed by atoms with van der Waals surface area (Å²) < 4.78 is 42.7. The van der Waals surface area contributed by atoms with Crippen LogP contribution in [0.4, 0.5) is 13.2 Å². The molecule has 1 aliphatic heterocycles. The fraction of sp³-hybridized carbons (Fsp3) is 0.800. The Balaban J connectivity index is 2.08. The Morgan fingerprint density at radius 3 is 2.71 bits per heavy atom. The van der Waals surface area contributed by atoms with Crippen molar-refractivity contribution in [2.24, 2.45) is 5.92 Å². The van der Waals surface area contributed by atoms with Gasteiger partial charge < -0.3 is 4.74 Å². The predicted octanol–water partition coefficient (Wildman–Crippen LogP) is 3.41. The molecule has 14 heavy (non-hydrogen) atoms. The Morgan fingerprint density at radius 1 is 1.21 bits per heavy atom. The number of hydrogen-bond acceptors (Lipinski definition) is 1. The maximum Gasteiger partial charge on any atom is 0.392 e. The van der Waals surface area contributed by atoms with Crippen LogP contribution in [0.25, 0.3) is 0 Å². The molecule has 2 aliphatic rings. The van der Waals surface area contributed by atoms with Gasteiger partial charge >= 0.3 is 6.18 Å². The highest BCUT2D eigenvalue weighted by Crippen LogP contribution is 2.42. The third kappa shape index (κ3) is 1.88. The molecule has 1 nitrogen and oxygen atoms in total. The fourth-order valence-electron chi connectivity index (χ4n) is 2.17. The molecule has 1 heterocycles. The zero-order chi connectivity index (χ0) is 10.2. The standard InChI is InChI=1S/C10H13F3O/c11-10(12,13)8-3-4-9-7(6-8)2-1-5-14-9/h8H,1-6H2. The lowest BCUT2D eigenvalue weighted by atomic mass is 9.84. The second-order valence-electron chi connectivity index (χ2n) is 3.96. The van der Waals surface area contributed by atoms with Crippen LogP contribution in [0.5, 0.6) is 0 Å². The Kier molecular flexibility index (Phi) is 2.45. The first-order valence-electron chi connectivity index (χ1n) is 4.98. The molecular formula is C10H13F3O. The molecule has 2 rings (SSSR count). The van der Waals surface area contributed by atoms with Crippen molar-refractivity contribution in [2.45, 2.75) is 38.3 Å². The van der Waals surface area contributed by atoms with Gasteiger partial charge in [0.1, 0.15) is 0 Å². The third-order valence-electron chi connectivity index (χ3n) is 2.97. The van der Waals surface area contributed by atoms with E-state index in [1.165, 1.54) is 0 Å². The van der Waals surface area contributed by atoms with Crippen molar-refractivity contribution in [2.75, 3.05) is 6.61 Å². The number of halogens is 3. The molecule has 1 aliphatic carbocycles. The summed E-state index contributed by atoms with van der Waals surface area (Å²) in [6.45, 7) is 0.676. The normalized spacial score (nSPS) is 28.4. The van der Waals surface area contributed by atoms with E-state index in [0.29, 0.717) is 13.0 Å². The molecule has 0 saturated carbocycles. The summed E-state index contributed by atoms with van der Waals surface area (Å²) in [6, 6.07) is 0. The molecule has 4 heteroatoms. The van der Waals surface area contributed by atoms with Crippen LogP contribution >= 0.6 is 0 Å². The summed E-state index contributed by atoms with van der Waals surface area (Å²) in [5, 5.41) is 0. The van der Waals surface area contributed by atoms with E-state index in [4.69, 9.17) is 4.74 Å². The van der Waals surface area contributed by atoms with Gasteiger partial charge in [0.25, 0.3) is 0 Å². The SMILES string of the molecule is FC(F)(F)C1CCC2=C(CCCO2)C1. The van der Waals surface area contributed by atoms with Crippen LogP contribution in [-0.2, 0) is 4.74 Å². The summed E-state index contributed by atoms with van der Waals surface area (Å²) in [7, 11) is 0. The maximum absolute atomic E-state index is 12.4. The van der Waals surface area contributed by atoms with Gasteiger partial charge in [0.2, 0.25) is 0 Å². The van der Waals surface area contributed by atoms with Crippen LogP contribution in [0.3, 0.4) is 0 Å². The molecule has 0 bridgehead atoms. The summed E-state index contributed by atoms with van der Waals surface area (Å²) in [6.07, 6.45) is -1.54. The molecule has 0 aromatic rings. The minimum Gasteiger partial charge on any atom is -0.498 e. The van der Waals surface area contributed by atoms with Crippen molar-refractivity contribution in [3.8, 4) is 0 Å². The summed E-state index contributed by atoms with van der Waals surface area (Å²) in [5.41, 5.74) is 0.907. The quantitative estimate of drug-likeness (QED) is 0.590. The van der Waals surface area contributed by atoms with Gasteiger partial charge in [-0.3, -0.25) is 0 Å². The van der Waals surface area contributed by atoms with E-state index in [-0.39, 0.29) is 12.8 Å². The molecule has 1 unspecified atom stereocenters. The van der Waals surface area contributed by atoms with Gasteiger partial charge in [-0.25, -0.2) is 0 Å². The molecule has 0 radical (unpaired) electrons. The van der Waals surface area contributed by atoms with Gasteiger partial charge in [0.05, 0.1) is 18.3 Å². The van der Waals surface area contributed by atoms with Crippen molar-refractivity contribution in [1.82, 2.24) is 0 Å². The monoisotopic (exact) mass is 206 g/mol. The van der Waals surface area contributed by atoms with Crippen molar-refractivity contribution >= 4 is 0 Å². The summed E-state index contributed by atoms with van der Waals surface area (Å²) in [4.78, 5) is 0. The van der Waals surface area contributed by atoms with Crippen molar-refractivity contribution in [3.05, 3.63) is 11.3 Å². The van der Waals surface area contributed by atoms with Crippen LogP contribution < -0.4 is 0 Å². The largest absolute Gasteiger partial charge is 0.498 e. The minimum absolute atomic E-state index is 0.166. The highest BCUT2D eigenvalue weighted by atomic mass is 19.4. The average Bonchev–Trinajstić information content (AvgIpc) is 2.16. The van der Waals surface area contributed by atoms with Crippen LogP contribution in [0.1, 0.15) is 32.1 Å². The zero-order valence-electron chi connectivity index (χ0n) is 7.86. The maximum atomic E-state index is 12.4. The molecule has 0 aromatic carbocycles. The van der Waals surface area contributed by atoms with E-state index >= 15 is 0 Å². The molecular weight excluding hydrogens is 193 g/mol. The lowest BCUT2D eigenvalue weighted by molar-refractivity contribution is -0.178. The van der Waals surface area contributed by atoms with Crippen molar-refractivity contribution in [1.29, 1.82) is 0 Å². The van der Waals surface area contributed by atoms with Crippen LogP contribution in [-0.4, -0.2) is 12.8 Å². The lowest BCUT2D eigenvalue weighted by Gasteiger charge is -2.31. The molecule has 0 saturated heterocycles. The summed E-state index contributed by atoms with van der Waals surface area (Å²) in [5.74, 6) is -0.292. The number of alkyl halides is 3. The molecule has 0 fully saturated rings. The highest BCUT2D eigenvalue weighted by Gasteiger charge is 2.42. The van der Waals surface area contributed by atoms with E-state index in [0.717, 1.165) is 24.2 Å². The minimum atomic E-state index is -4.03. The molecule has 80 valence electrons. The number of hydrogen-bond donors (Lipinski definition) is 0. The van der Waals surface area contributed by atoms with Crippen molar-refractivity contribution < 1.29 is 17.9 Å². The van der Waals surface area contributed by atoms with Crippen molar-refractivity contribution in [3.63, 3.8) is 0 Å². The van der Waals surface area contributed by atoms with Gasteiger partial charge in [-0.15, -0.1) is 0 Å². The Labute approximate surface area is 80.9 Å². The number of ether oxygens (including phenoxy) is 1. The lowest BCUT2D eigenvalue weighted by Crippen LogP contribution is -2.28. The molecule has 0 amide bonds. The Morgan fingerprint density at radius 2 is 2.00 bits per heavy atom. The number of allylic oxidation sites excluding steroid dienone is 2. The van der Waals surface area contributed by atoms with Crippen LogP contribution in [0.15, 0.2) is 11.3 Å². The van der Waals surface area contributed by atoms with Gasteiger partial charge in [-0.05, 0) is 31.3 Å². The topological polar surface area (TPSA) is 9.23 Å². The van der Waals surface area contributed by atoms with Gasteiger partial charge in [0, 0.05) is 6.42 Å².